The van der Waals surface area contributed by atoms with Gasteiger partial charge in [-0.05, 0) is 38.8 Å². The minimum absolute atomic E-state index is 0.0858. The van der Waals surface area contributed by atoms with E-state index < -0.39 is 0 Å². The summed E-state index contributed by atoms with van der Waals surface area (Å²) in [5.74, 6) is 2.03. The Labute approximate surface area is 129 Å². The zero-order chi connectivity index (χ0) is 14.9. The summed E-state index contributed by atoms with van der Waals surface area (Å²) in [5.41, 5.74) is 0.963. The Balaban J connectivity index is 1.74. The van der Waals surface area contributed by atoms with Crippen LogP contribution < -0.4 is 5.32 Å². The van der Waals surface area contributed by atoms with E-state index in [0.29, 0.717) is 12.3 Å². The van der Waals surface area contributed by atoms with Crippen LogP contribution in [-0.4, -0.2) is 28.2 Å². The number of nitrogens with zero attached hydrogens (tertiary/aromatic N) is 3. The van der Waals surface area contributed by atoms with Gasteiger partial charge in [0.05, 0.1) is 6.42 Å². The highest BCUT2D eigenvalue weighted by atomic mass is 32.1. The Morgan fingerprint density at radius 3 is 2.95 bits per heavy atom. The predicted molar refractivity (Wildman–Crippen MR) is 82.6 cm³/mol. The van der Waals surface area contributed by atoms with Crippen molar-refractivity contribution in [3.05, 3.63) is 27.8 Å². The molecule has 5 nitrogen and oxygen atoms in total. The SMILES string of the molecule is Cc1csc(Cc2noc(C(C)(C)C3CCCNC3)n2)n1. The lowest BCUT2D eigenvalue weighted by atomic mass is 9.75. The molecule has 0 aliphatic carbocycles. The summed E-state index contributed by atoms with van der Waals surface area (Å²) < 4.78 is 5.55. The fourth-order valence-corrected chi connectivity index (χ4v) is 3.62. The molecule has 0 spiro atoms. The number of aromatic nitrogens is 3. The Bertz CT molecular complexity index is 598. The van der Waals surface area contributed by atoms with Crippen LogP contribution >= 0.6 is 11.3 Å². The smallest absolute Gasteiger partial charge is 0.232 e. The first kappa shape index (κ1) is 14.7. The first-order valence-corrected chi connectivity index (χ1v) is 8.38. The largest absolute Gasteiger partial charge is 0.339 e. The number of rotatable bonds is 4. The summed E-state index contributed by atoms with van der Waals surface area (Å²) in [6.07, 6.45) is 3.08. The molecule has 0 saturated carbocycles. The number of nitrogens with one attached hydrogen (secondary N) is 1. The first-order valence-electron chi connectivity index (χ1n) is 7.50. The van der Waals surface area contributed by atoms with Crippen LogP contribution in [0.2, 0.25) is 0 Å². The maximum Gasteiger partial charge on any atom is 0.232 e. The van der Waals surface area contributed by atoms with Crippen LogP contribution in [0.3, 0.4) is 0 Å². The van der Waals surface area contributed by atoms with Crippen molar-refractivity contribution in [2.75, 3.05) is 13.1 Å². The third kappa shape index (κ3) is 3.16. The van der Waals surface area contributed by atoms with Gasteiger partial charge in [0.25, 0.3) is 0 Å². The Hall–Kier alpha value is -1.27. The van der Waals surface area contributed by atoms with Crippen LogP contribution in [0.5, 0.6) is 0 Å². The number of hydrogen-bond acceptors (Lipinski definition) is 6. The second-order valence-electron chi connectivity index (χ2n) is 6.34. The molecule has 1 aliphatic rings. The molecule has 0 amide bonds. The molecule has 3 rings (SSSR count). The highest BCUT2D eigenvalue weighted by molar-refractivity contribution is 7.09. The summed E-state index contributed by atoms with van der Waals surface area (Å²) in [4.78, 5) is 9.08. The lowest BCUT2D eigenvalue weighted by molar-refractivity contribution is 0.196. The van der Waals surface area contributed by atoms with E-state index in [4.69, 9.17) is 4.52 Å². The number of aryl methyl sites for hydroxylation is 1. The molecule has 114 valence electrons. The molecule has 0 bridgehead atoms. The average molecular weight is 306 g/mol. The molecule has 21 heavy (non-hydrogen) atoms. The zero-order valence-corrected chi connectivity index (χ0v) is 13.7. The molecule has 1 aliphatic heterocycles. The van der Waals surface area contributed by atoms with Gasteiger partial charge in [0.15, 0.2) is 5.82 Å². The standard InChI is InChI=1S/C15H22N4OS/c1-10-9-21-13(17-10)7-12-18-14(20-19-12)15(2,3)11-5-4-6-16-8-11/h9,11,16H,4-8H2,1-3H3. The predicted octanol–water partition coefficient (Wildman–Crippen LogP) is 2.70. The molecule has 1 saturated heterocycles. The Morgan fingerprint density at radius 2 is 2.29 bits per heavy atom. The van der Waals surface area contributed by atoms with Crippen molar-refractivity contribution in [2.24, 2.45) is 5.92 Å². The monoisotopic (exact) mass is 306 g/mol. The number of thiazole rings is 1. The normalized spacial score (nSPS) is 19.9. The Kier molecular flexibility index (Phi) is 4.08. The highest BCUT2D eigenvalue weighted by Gasteiger charge is 2.37. The van der Waals surface area contributed by atoms with Gasteiger partial charge in [-0.15, -0.1) is 11.3 Å². The molecule has 6 heteroatoms. The fraction of sp³-hybridized carbons (Fsp3) is 0.667. The lowest BCUT2D eigenvalue weighted by Gasteiger charge is -2.34. The van der Waals surface area contributed by atoms with Crippen LogP contribution in [0.4, 0.5) is 0 Å². The van der Waals surface area contributed by atoms with Crippen LogP contribution in [0.25, 0.3) is 0 Å². The highest BCUT2D eigenvalue weighted by Crippen LogP contribution is 2.34. The van der Waals surface area contributed by atoms with Crippen molar-refractivity contribution < 1.29 is 4.52 Å². The van der Waals surface area contributed by atoms with Crippen LogP contribution in [0.1, 0.15) is 49.1 Å². The van der Waals surface area contributed by atoms with Crippen molar-refractivity contribution in [2.45, 2.75) is 45.4 Å². The molecule has 0 radical (unpaired) electrons. The summed E-state index contributed by atoms with van der Waals surface area (Å²) in [5, 5.41) is 10.7. The van der Waals surface area contributed by atoms with Gasteiger partial charge in [-0.3, -0.25) is 0 Å². The van der Waals surface area contributed by atoms with Gasteiger partial charge < -0.3 is 9.84 Å². The number of hydrogen-bond donors (Lipinski definition) is 1. The zero-order valence-electron chi connectivity index (χ0n) is 12.8. The minimum Gasteiger partial charge on any atom is -0.339 e. The van der Waals surface area contributed by atoms with E-state index in [2.05, 4.69) is 34.3 Å². The van der Waals surface area contributed by atoms with E-state index in [9.17, 15) is 0 Å². The molecule has 0 aromatic carbocycles. The molecule has 1 N–H and O–H groups in total. The topological polar surface area (TPSA) is 63.8 Å². The third-order valence-electron chi connectivity index (χ3n) is 4.31. The summed E-state index contributed by atoms with van der Waals surface area (Å²) in [7, 11) is 0. The summed E-state index contributed by atoms with van der Waals surface area (Å²) >= 11 is 1.65. The molecule has 1 atom stereocenters. The second-order valence-corrected chi connectivity index (χ2v) is 7.28. The van der Waals surface area contributed by atoms with Gasteiger partial charge in [0.2, 0.25) is 5.89 Å². The summed E-state index contributed by atoms with van der Waals surface area (Å²) in [6, 6.07) is 0. The minimum atomic E-state index is -0.0858. The molecule has 1 fully saturated rings. The molecular formula is C15H22N4OS. The molecular weight excluding hydrogens is 284 g/mol. The quantitative estimate of drug-likeness (QED) is 0.941. The van der Waals surface area contributed by atoms with Crippen molar-refractivity contribution in [1.29, 1.82) is 0 Å². The molecule has 3 heterocycles. The molecule has 2 aromatic heterocycles. The van der Waals surface area contributed by atoms with Crippen LogP contribution in [-0.2, 0) is 11.8 Å². The van der Waals surface area contributed by atoms with Gasteiger partial charge in [-0.25, -0.2) is 4.98 Å². The maximum absolute atomic E-state index is 5.55. The Morgan fingerprint density at radius 1 is 1.43 bits per heavy atom. The fourth-order valence-electron chi connectivity index (χ4n) is 2.85. The van der Waals surface area contributed by atoms with Crippen molar-refractivity contribution >= 4 is 11.3 Å². The van der Waals surface area contributed by atoms with Gasteiger partial charge in [0.1, 0.15) is 5.01 Å². The van der Waals surface area contributed by atoms with E-state index in [0.717, 1.165) is 35.5 Å². The lowest BCUT2D eigenvalue weighted by Crippen LogP contribution is -2.40. The van der Waals surface area contributed by atoms with Crippen LogP contribution in [0.15, 0.2) is 9.90 Å². The van der Waals surface area contributed by atoms with Crippen molar-refractivity contribution in [1.82, 2.24) is 20.4 Å². The number of piperidine rings is 1. The van der Waals surface area contributed by atoms with Gasteiger partial charge in [-0.2, -0.15) is 4.98 Å². The van der Waals surface area contributed by atoms with E-state index in [1.165, 1.54) is 12.8 Å². The summed E-state index contributed by atoms with van der Waals surface area (Å²) in [6.45, 7) is 8.55. The van der Waals surface area contributed by atoms with Crippen molar-refractivity contribution in [3.63, 3.8) is 0 Å². The van der Waals surface area contributed by atoms with Crippen molar-refractivity contribution in [3.8, 4) is 0 Å². The first-order chi connectivity index (χ1) is 10.1. The maximum atomic E-state index is 5.55. The van der Waals surface area contributed by atoms with E-state index >= 15 is 0 Å². The van der Waals surface area contributed by atoms with E-state index in [-0.39, 0.29) is 5.41 Å². The van der Waals surface area contributed by atoms with Crippen LogP contribution in [0, 0.1) is 12.8 Å². The van der Waals surface area contributed by atoms with Gasteiger partial charge in [0, 0.05) is 16.5 Å². The molecule has 1 unspecified atom stereocenters. The second kappa shape index (κ2) is 5.85. The molecule has 2 aromatic rings. The van der Waals surface area contributed by atoms with Gasteiger partial charge in [-0.1, -0.05) is 19.0 Å². The van der Waals surface area contributed by atoms with E-state index in [1.54, 1.807) is 11.3 Å². The third-order valence-corrected chi connectivity index (χ3v) is 5.28. The van der Waals surface area contributed by atoms with Gasteiger partial charge >= 0.3 is 0 Å². The average Bonchev–Trinajstić information content (AvgIpc) is 3.10. The van der Waals surface area contributed by atoms with E-state index in [1.807, 2.05) is 12.3 Å².